The Morgan fingerprint density at radius 2 is 1.68 bits per heavy atom. The van der Waals surface area contributed by atoms with Crippen LogP contribution in [0.25, 0.3) is 10.1 Å². The number of primary amides is 1. The SMILES string of the molecule is CN1CC[C@H]2CC[C@@H](C(=O)N[C@@H](CCC(N)=O)C(=O)N[C@H](C(=O)N3CCC(CCC#Cc4cccc5c4CN(C4CCC(=O)NC4=O)C5=O)CC3)C(C)(C)C)N2C(=O)[C@@H](NC(=O)c2cc3cc(C(F)(F)P(=O)(O)O)ccc3s2)C1. The maximum absolute atomic E-state index is 14.5. The van der Waals surface area contributed by atoms with Gasteiger partial charge in [0.1, 0.15) is 30.2 Å². The molecule has 5 aliphatic rings. The lowest BCUT2D eigenvalue weighted by Gasteiger charge is -2.39. The number of likely N-dealkylation sites (N-methyl/N-ethyl adjacent to an activating group) is 1. The Labute approximate surface area is 459 Å². The molecular weight excluding hydrogens is 1070 g/mol. The second kappa shape index (κ2) is 23.6. The average molecular weight is 1130 g/mol. The van der Waals surface area contributed by atoms with Crippen LogP contribution >= 0.6 is 18.9 Å². The summed E-state index contributed by atoms with van der Waals surface area (Å²) in [7, 11) is -4.09. The first-order chi connectivity index (χ1) is 37.2. The van der Waals surface area contributed by atoms with Gasteiger partial charge in [-0.1, -0.05) is 44.7 Å². The van der Waals surface area contributed by atoms with Crippen LogP contribution in [-0.4, -0.2) is 152 Å². The predicted octanol–water partition coefficient (Wildman–Crippen LogP) is 3.03. The van der Waals surface area contributed by atoms with Crippen molar-refractivity contribution in [2.24, 2.45) is 17.1 Å². The van der Waals surface area contributed by atoms with Crippen molar-refractivity contribution >= 4 is 82.2 Å². The molecule has 0 bridgehead atoms. The lowest BCUT2D eigenvalue weighted by Crippen LogP contribution is -2.62. The van der Waals surface area contributed by atoms with Gasteiger partial charge in [0, 0.05) is 72.9 Å². The van der Waals surface area contributed by atoms with E-state index in [4.69, 9.17) is 5.73 Å². The monoisotopic (exact) mass is 1130 g/mol. The summed E-state index contributed by atoms with van der Waals surface area (Å²) in [5, 5.41) is 10.8. The highest BCUT2D eigenvalue weighted by Gasteiger charge is 2.51. The Hall–Kier alpha value is -6.64. The number of nitrogens with one attached hydrogen (secondary N) is 4. The zero-order valence-electron chi connectivity index (χ0n) is 44.4. The number of nitrogens with two attached hydrogens (primary N) is 1. The van der Waals surface area contributed by atoms with Gasteiger partial charge in [-0.05, 0) is 118 Å². The van der Waals surface area contributed by atoms with E-state index >= 15 is 0 Å². The van der Waals surface area contributed by atoms with Gasteiger partial charge in [0.05, 0.1) is 4.88 Å². The topological polar surface area (TPSA) is 298 Å². The number of nitrogens with zero attached hydrogens (tertiary/aromatic N) is 4. The number of carbonyl (C=O) groups is 9. The van der Waals surface area contributed by atoms with Gasteiger partial charge in [-0.25, -0.2) is 0 Å². The number of piperidine rings is 2. The Morgan fingerprint density at radius 3 is 2.37 bits per heavy atom. The van der Waals surface area contributed by atoms with Crippen LogP contribution in [0.2, 0.25) is 0 Å². The Bertz CT molecular complexity index is 3070. The summed E-state index contributed by atoms with van der Waals surface area (Å²) in [5.74, 6) is 1.85. The third-order valence-corrected chi connectivity index (χ3v) is 17.7. The van der Waals surface area contributed by atoms with E-state index in [1.54, 1.807) is 44.9 Å². The Morgan fingerprint density at radius 1 is 0.949 bits per heavy atom. The number of carbonyl (C=O) groups excluding carboxylic acids is 9. The van der Waals surface area contributed by atoms with Gasteiger partial charge >= 0.3 is 13.3 Å². The molecule has 9 amide bonds. The molecule has 2 aromatic carbocycles. The second-order valence-electron chi connectivity index (χ2n) is 22.2. The van der Waals surface area contributed by atoms with E-state index < -0.39 is 95.9 Å². The van der Waals surface area contributed by atoms with E-state index in [0.717, 1.165) is 35.5 Å². The van der Waals surface area contributed by atoms with Crippen molar-refractivity contribution in [2.45, 2.75) is 140 Å². The van der Waals surface area contributed by atoms with Gasteiger partial charge in [-0.15, -0.1) is 11.3 Å². The summed E-state index contributed by atoms with van der Waals surface area (Å²) in [6.45, 7) is 7.00. The van der Waals surface area contributed by atoms with Gasteiger partial charge in [-0.2, -0.15) is 8.78 Å². The summed E-state index contributed by atoms with van der Waals surface area (Å²) in [5.41, 5.74) is 1.25. The van der Waals surface area contributed by atoms with Crippen molar-refractivity contribution in [2.75, 3.05) is 33.2 Å². The Balaban J connectivity index is 0.879. The van der Waals surface area contributed by atoms with Crippen LogP contribution in [0.1, 0.15) is 128 Å². The van der Waals surface area contributed by atoms with Crippen LogP contribution in [0.5, 0.6) is 0 Å². The van der Waals surface area contributed by atoms with Crippen LogP contribution in [0.4, 0.5) is 8.78 Å². The number of thiophene rings is 1. The molecule has 4 saturated heterocycles. The van der Waals surface area contributed by atoms with E-state index in [2.05, 4.69) is 33.1 Å². The van der Waals surface area contributed by atoms with Gasteiger partial charge < -0.3 is 51.1 Å². The number of likely N-dealkylation sites (tertiary alicyclic amines) is 1. The fraction of sp³-hybridized carbons (Fsp3) is 0.537. The van der Waals surface area contributed by atoms with Crippen molar-refractivity contribution in [1.29, 1.82) is 0 Å². The van der Waals surface area contributed by atoms with Gasteiger partial charge in [-0.3, -0.25) is 53.0 Å². The fourth-order valence-corrected chi connectivity index (χ4v) is 12.5. The van der Waals surface area contributed by atoms with E-state index in [1.165, 1.54) is 21.9 Å². The molecule has 0 radical (unpaired) electrons. The smallest absolute Gasteiger partial charge is 0.370 e. The second-order valence-corrected chi connectivity index (χ2v) is 25.0. The molecule has 1 unspecified atom stereocenters. The molecule has 25 heteroatoms. The number of hydrogen-bond donors (Lipinski definition) is 7. The van der Waals surface area contributed by atoms with Crippen LogP contribution < -0.4 is 27.0 Å². The van der Waals surface area contributed by atoms with Crippen molar-refractivity contribution in [3.63, 3.8) is 0 Å². The third-order valence-electron chi connectivity index (χ3n) is 15.6. The number of imide groups is 1. The standard InChI is InChI=1S/C54H66F2N9O12PS/c1-53(2,3)45(52(74)63-24-20-30(21-25-63)8-5-6-9-31-10-7-11-35-36(31)28-64(50(35)72)39-16-19-44(67)60-47(39)69)61-46(68)37(14-18-43(57)66)58-48(70)40-15-13-34-22-23-62(4)29-38(51(73)65(34)40)59-49(71)42-27-32-26-33(12-17-41(32)79-42)54(55,56)78(75,76)77/h7,10-12,17,26-27,30,34,37-40,45H,5,8,13-16,18-25,28-29H2,1-4H3,(H2,57,66)(H,58,70)(H,59,71)(H,61,68)(H,60,67,69)(H2,75,76,77)/t34-,37+,38+,39?,40+,45-/m1/s1. The zero-order valence-corrected chi connectivity index (χ0v) is 46.1. The number of halogens is 2. The predicted molar refractivity (Wildman–Crippen MR) is 284 cm³/mol. The highest BCUT2D eigenvalue weighted by Crippen LogP contribution is 2.59. The molecule has 3 aromatic rings. The largest absolute Gasteiger partial charge is 0.399 e. The number of rotatable bonds is 15. The molecule has 8 N–H and O–H groups in total. The molecular formula is C54H66F2N9O12PS. The summed E-state index contributed by atoms with van der Waals surface area (Å²) in [6.07, 6.45) is 3.74. The van der Waals surface area contributed by atoms with E-state index in [-0.39, 0.29) is 79.1 Å². The third kappa shape index (κ3) is 13.0. The van der Waals surface area contributed by atoms with Gasteiger partial charge in [0.2, 0.25) is 41.4 Å². The Kier molecular flexibility index (Phi) is 17.5. The number of fused-ring (bicyclic) bond motifs is 3. The number of amides is 9. The first-order valence-electron chi connectivity index (χ1n) is 26.4. The van der Waals surface area contributed by atoms with E-state index in [0.29, 0.717) is 67.6 Å². The van der Waals surface area contributed by atoms with Crippen LogP contribution in [0, 0.1) is 23.2 Å². The molecule has 6 heterocycles. The number of alkyl halides is 2. The molecule has 0 aliphatic carbocycles. The van der Waals surface area contributed by atoms with E-state index in [9.17, 15) is 66.3 Å². The molecule has 8 rings (SSSR count). The highest BCUT2D eigenvalue weighted by molar-refractivity contribution is 7.52. The number of hydrogen-bond acceptors (Lipinski definition) is 12. The first kappa shape index (κ1) is 58.5. The summed E-state index contributed by atoms with van der Waals surface area (Å²) in [4.78, 5) is 146. The summed E-state index contributed by atoms with van der Waals surface area (Å²) >= 11 is 0.924. The summed E-state index contributed by atoms with van der Waals surface area (Å²) in [6, 6.07) is 3.78. The lowest BCUT2D eigenvalue weighted by atomic mass is 9.84. The molecule has 5 aliphatic heterocycles. The molecule has 1 aromatic heterocycles. The van der Waals surface area contributed by atoms with E-state index in [1.807, 2.05) is 11.0 Å². The van der Waals surface area contributed by atoms with Crippen molar-refractivity contribution < 1.29 is 66.3 Å². The fourth-order valence-electron chi connectivity index (χ4n) is 11.1. The molecule has 424 valence electrons. The number of benzene rings is 2. The average Bonchev–Trinajstić information content (AvgIpc) is 4.17. The lowest BCUT2D eigenvalue weighted by molar-refractivity contribution is -0.144. The highest BCUT2D eigenvalue weighted by atomic mass is 32.1. The van der Waals surface area contributed by atoms with Crippen LogP contribution in [-0.2, 0) is 50.3 Å². The molecule has 0 saturated carbocycles. The van der Waals surface area contributed by atoms with Crippen LogP contribution in [0.3, 0.4) is 0 Å². The molecule has 0 spiro atoms. The molecule has 79 heavy (non-hydrogen) atoms. The van der Waals surface area contributed by atoms with Gasteiger partial charge in [0.25, 0.3) is 11.8 Å². The normalized spacial score (nSPS) is 22.2. The first-order valence-corrected chi connectivity index (χ1v) is 28.9. The molecule has 4 fully saturated rings. The summed E-state index contributed by atoms with van der Waals surface area (Å²) < 4.78 is 41.0. The maximum Gasteiger partial charge on any atom is 0.399 e. The van der Waals surface area contributed by atoms with Gasteiger partial charge in [0.15, 0.2) is 0 Å². The minimum atomic E-state index is -5.86. The molecule has 21 nitrogen and oxygen atoms in total. The quantitative estimate of drug-likeness (QED) is 0.0655. The minimum Gasteiger partial charge on any atom is -0.370 e. The molecule has 6 atom stereocenters. The maximum atomic E-state index is 14.5. The van der Waals surface area contributed by atoms with Crippen LogP contribution in [0.15, 0.2) is 42.5 Å². The zero-order chi connectivity index (χ0) is 57.3. The minimum absolute atomic E-state index is 0.0341. The van der Waals surface area contributed by atoms with Crippen molar-refractivity contribution in [1.82, 2.24) is 40.9 Å². The van der Waals surface area contributed by atoms with Crippen molar-refractivity contribution in [3.8, 4) is 11.8 Å². The van der Waals surface area contributed by atoms with Crippen molar-refractivity contribution in [3.05, 3.63) is 69.6 Å².